The lowest BCUT2D eigenvalue weighted by Gasteiger charge is -2.06. The van der Waals surface area contributed by atoms with Crippen LogP contribution in [0.2, 0.25) is 0 Å². The maximum absolute atomic E-state index is 11.3. The minimum Gasteiger partial charge on any atom is -0.496 e. The molecule has 0 saturated carbocycles. The molecule has 82 valence electrons. The van der Waals surface area contributed by atoms with Crippen molar-refractivity contribution in [3.63, 3.8) is 0 Å². The Balaban J connectivity index is 3.16. The molecule has 0 aliphatic rings. The molecule has 0 heterocycles. The highest BCUT2D eigenvalue weighted by molar-refractivity contribution is 5.92. The second kappa shape index (κ2) is 5.56. The first-order valence-electron chi connectivity index (χ1n) is 4.44. The van der Waals surface area contributed by atoms with Gasteiger partial charge in [-0.2, -0.15) is 0 Å². The van der Waals surface area contributed by atoms with Gasteiger partial charge in [-0.25, -0.2) is 4.79 Å². The van der Waals surface area contributed by atoms with Crippen molar-refractivity contribution in [2.24, 2.45) is 0 Å². The summed E-state index contributed by atoms with van der Waals surface area (Å²) in [5, 5.41) is 0. The third-order valence-corrected chi connectivity index (χ3v) is 1.88. The van der Waals surface area contributed by atoms with Gasteiger partial charge in [-0.15, -0.1) is 0 Å². The van der Waals surface area contributed by atoms with E-state index in [2.05, 4.69) is 16.6 Å². The van der Waals surface area contributed by atoms with Crippen molar-refractivity contribution in [3.8, 4) is 17.6 Å². The molecule has 0 bridgehead atoms. The van der Waals surface area contributed by atoms with Gasteiger partial charge in [-0.1, -0.05) is 5.92 Å². The Morgan fingerprint density at radius 1 is 1.38 bits per heavy atom. The summed E-state index contributed by atoms with van der Waals surface area (Å²) in [6.45, 7) is 0. The normalized spacial score (nSPS) is 8.62. The van der Waals surface area contributed by atoms with Crippen molar-refractivity contribution in [1.29, 1.82) is 0 Å². The van der Waals surface area contributed by atoms with E-state index in [4.69, 9.17) is 4.74 Å². The molecule has 4 heteroatoms. The number of esters is 1. The van der Waals surface area contributed by atoms with E-state index in [0.717, 1.165) is 0 Å². The number of hydrogen-bond acceptors (Lipinski definition) is 4. The van der Waals surface area contributed by atoms with E-state index in [1.807, 2.05) is 0 Å². The zero-order chi connectivity index (χ0) is 12.0. The van der Waals surface area contributed by atoms with Gasteiger partial charge in [-0.3, -0.25) is 4.79 Å². The molecule has 0 aliphatic heterocycles. The molecule has 1 aromatic carbocycles. The SMILES string of the molecule is COC(=O)c1ccc(C#CC=O)cc1OC. The molecular weight excluding hydrogens is 208 g/mol. The highest BCUT2D eigenvalue weighted by Gasteiger charge is 2.12. The van der Waals surface area contributed by atoms with Crippen molar-refractivity contribution in [2.45, 2.75) is 0 Å². The topological polar surface area (TPSA) is 52.6 Å². The summed E-state index contributed by atoms with van der Waals surface area (Å²) < 4.78 is 9.62. The molecule has 0 saturated heterocycles. The van der Waals surface area contributed by atoms with Crippen LogP contribution in [0.1, 0.15) is 15.9 Å². The van der Waals surface area contributed by atoms with Gasteiger partial charge in [-0.05, 0) is 24.1 Å². The Hall–Kier alpha value is -2.28. The summed E-state index contributed by atoms with van der Waals surface area (Å²) >= 11 is 0. The maximum atomic E-state index is 11.3. The number of carbonyl (C=O) groups is 2. The minimum absolute atomic E-state index is 0.321. The Morgan fingerprint density at radius 3 is 2.69 bits per heavy atom. The van der Waals surface area contributed by atoms with Crippen LogP contribution in [0, 0.1) is 11.8 Å². The molecule has 0 amide bonds. The standard InChI is InChI=1S/C12H10O4/c1-15-11-8-9(4-3-7-13)5-6-10(11)12(14)16-2/h5-8H,1-2H3. The van der Waals surface area contributed by atoms with Crippen LogP contribution in [0.3, 0.4) is 0 Å². The number of aldehydes is 1. The van der Waals surface area contributed by atoms with Crippen LogP contribution < -0.4 is 4.74 Å². The second-order valence-corrected chi connectivity index (χ2v) is 2.79. The zero-order valence-corrected chi connectivity index (χ0v) is 8.94. The van der Waals surface area contributed by atoms with Crippen molar-refractivity contribution in [3.05, 3.63) is 29.3 Å². The van der Waals surface area contributed by atoms with E-state index in [-0.39, 0.29) is 0 Å². The molecule has 0 fully saturated rings. The fraction of sp³-hybridized carbons (Fsp3) is 0.167. The van der Waals surface area contributed by atoms with E-state index in [1.165, 1.54) is 14.2 Å². The predicted octanol–water partition coefficient (Wildman–Crippen LogP) is 1.03. The van der Waals surface area contributed by atoms with Crippen LogP contribution in [0.15, 0.2) is 18.2 Å². The van der Waals surface area contributed by atoms with Gasteiger partial charge in [0.05, 0.1) is 14.2 Å². The summed E-state index contributed by atoms with van der Waals surface area (Å²) in [5.41, 5.74) is 0.915. The monoisotopic (exact) mass is 218 g/mol. The first kappa shape index (κ1) is 11.8. The lowest BCUT2D eigenvalue weighted by atomic mass is 10.1. The second-order valence-electron chi connectivity index (χ2n) is 2.79. The van der Waals surface area contributed by atoms with Gasteiger partial charge in [0.2, 0.25) is 0 Å². The van der Waals surface area contributed by atoms with E-state index in [9.17, 15) is 9.59 Å². The fourth-order valence-corrected chi connectivity index (χ4v) is 1.16. The summed E-state index contributed by atoms with van der Waals surface area (Å²) in [4.78, 5) is 21.4. The third kappa shape index (κ3) is 2.61. The fourth-order valence-electron chi connectivity index (χ4n) is 1.16. The number of benzene rings is 1. The highest BCUT2D eigenvalue weighted by atomic mass is 16.5. The molecule has 1 rings (SSSR count). The Kier molecular flexibility index (Phi) is 4.10. The molecule has 4 nitrogen and oxygen atoms in total. The van der Waals surface area contributed by atoms with Gasteiger partial charge >= 0.3 is 5.97 Å². The quantitative estimate of drug-likeness (QED) is 0.422. The minimum atomic E-state index is -0.480. The Labute approximate surface area is 93.2 Å². The molecule has 0 aromatic heterocycles. The Bertz CT molecular complexity index is 466. The first-order valence-corrected chi connectivity index (χ1v) is 4.44. The number of hydrogen-bond donors (Lipinski definition) is 0. The van der Waals surface area contributed by atoms with E-state index < -0.39 is 5.97 Å². The largest absolute Gasteiger partial charge is 0.496 e. The van der Waals surface area contributed by atoms with Crippen LogP contribution in [-0.4, -0.2) is 26.5 Å². The number of rotatable bonds is 2. The summed E-state index contributed by atoms with van der Waals surface area (Å²) in [6, 6.07) is 4.73. The molecule has 0 atom stereocenters. The van der Waals surface area contributed by atoms with Gasteiger partial charge < -0.3 is 9.47 Å². The molecule has 16 heavy (non-hydrogen) atoms. The molecular formula is C12H10O4. The van der Waals surface area contributed by atoms with Crippen molar-refractivity contribution < 1.29 is 19.1 Å². The predicted molar refractivity (Wildman–Crippen MR) is 57.3 cm³/mol. The smallest absolute Gasteiger partial charge is 0.341 e. The lowest BCUT2D eigenvalue weighted by Crippen LogP contribution is -2.04. The molecule has 0 N–H and O–H groups in total. The van der Waals surface area contributed by atoms with Gasteiger partial charge in [0.25, 0.3) is 0 Å². The average Bonchev–Trinajstić information content (AvgIpc) is 2.34. The first-order chi connectivity index (χ1) is 7.72. The number of methoxy groups -OCH3 is 2. The number of ether oxygens (including phenoxy) is 2. The summed E-state index contributed by atoms with van der Waals surface area (Å²) in [7, 11) is 2.74. The molecule has 0 spiro atoms. The van der Waals surface area contributed by atoms with Crippen LogP contribution >= 0.6 is 0 Å². The Morgan fingerprint density at radius 2 is 2.12 bits per heavy atom. The van der Waals surface area contributed by atoms with E-state index >= 15 is 0 Å². The van der Waals surface area contributed by atoms with Gasteiger partial charge in [0.15, 0.2) is 6.29 Å². The zero-order valence-electron chi connectivity index (χ0n) is 8.94. The van der Waals surface area contributed by atoms with Gasteiger partial charge in [0.1, 0.15) is 11.3 Å². The van der Waals surface area contributed by atoms with Crippen LogP contribution in [0.25, 0.3) is 0 Å². The molecule has 0 unspecified atom stereocenters. The average molecular weight is 218 g/mol. The third-order valence-electron chi connectivity index (χ3n) is 1.88. The molecule has 0 radical (unpaired) electrons. The molecule has 1 aromatic rings. The summed E-state index contributed by atoms with van der Waals surface area (Å²) in [6.07, 6.45) is 0.501. The highest BCUT2D eigenvalue weighted by Crippen LogP contribution is 2.20. The van der Waals surface area contributed by atoms with Crippen molar-refractivity contribution in [2.75, 3.05) is 14.2 Å². The van der Waals surface area contributed by atoms with Crippen LogP contribution in [-0.2, 0) is 9.53 Å². The molecule has 0 aliphatic carbocycles. The summed E-state index contributed by atoms with van der Waals surface area (Å²) in [5.74, 6) is 4.76. The van der Waals surface area contributed by atoms with Gasteiger partial charge in [0, 0.05) is 5.56 Å². The lowest BCUT2D eigenvalue weighted by molar-refractivity contribution is -0.103. The number of carbonyl (C=O) groups excluding carboxylic acids is 2. The van der Waals surface area contributed by atoms with Crippen LogP contribution in [0.4, 0.5) is 0 Å². The van der Waals surface area contributed by atoms with Crippen LogP contribution in [0.5, 0.6) is 5.75 Å². The van der Waals surface area contributed by atoms with Crippen molar-refractivity contribution in [1.82, 2.24) is 0 Å². The maximum Gasteiger partial charge on any atom is 0.341 e. The van der Waals surface area contributed by atoms with Crippen molar-refractivity contribution >= 4 is 12.3 Å². The van der Waals surface area contributed by atoms with E-state index in [0.29, 0.717) is 23.2 Å². The van der Waals surface area contributed by atoms with E-state index in [1.54, 1.807) is 18.2 Å².